The molecule has 6 rings (SSSR count). The highest BCUT2D eigenvalue weighted by atomic mass is 16.5. The summed E-state index contributed by atoms with van der Waals surface area (Å²) >= 11 is 0. The number of hydrogen-bond donors (Lipinski definition) is 0. The van der Waals surface area contributed by atoms with Crippen molar-refractivity contribution in [3.05, 3.63) is 133 Å². The summed E-state index contributed by atoms with van der Waals surface area (Å²) in [6.07, 6.45) is 0. The Morgan fingerprint density at radius 3 is 1.74 bits per heavy atom. The lowest BCUT2D eigenvalue weighted by Gasteiger charge is -2.28. The van der Waals surface area contributed by atoms with Crippen molar-refractivity contribution in [2.24, 2.45) is 0 Å². The quantitative estimate of drug-likeness (QED) is 0.166. The SMILES string of the molecule is CO/C(C)=C(\C(C)=O)c1ccc2ccc(N(c3cccc4ccccc34)c3cccc4ccccc34)cc2c1. The van der Waals surface area contributed by atoms with Gasteiger partial charge in [-0.25, -0.2) is 0 Å². The van der Waals surface area contributed by atoms with Gasteiger partial charge in [0.2, 0.25) is 0 Å². The summed E-state index contributed by atoms with van der Waals surface area (Å²) in [5.74, 6) is 0.601. The fraction of sp³-hybridized carbons (Fsp3) is 0.0833. The van der Waals surface area contributed by atoms with Crippen molar-refractivity contribution in [2.75, 3.05) is 12.0 Å². The maximum atomic E-state index is 12.5. The van der Waals surface area contributed by atoms with Crippen LogP contribution in [0.2, 0.25) is 0 Å². The summed E-state index contributed by atoms with van der Waals surface area (Å²) in [6, 6.07) is 42.6. The topological polar surface area (TPSA) is 29.5 Å². The van der Waals surface area contributed by atoms with Gasteiger partial charge in [0.25, 0.3) is 0 Å². The van der Waals surface area contributed by atoms with Gasteiger partial charge in [-0.05, 0) is 71.3 Å². The van der Waals surface area contributed by atoms with Crippen LogP contribution < -0.4 is 4.90 Å². The highest BCUT2D eigenvalue weighted by Crippen LogP contribution is 2.42. The number of nitrogens with zero attached hydrogens (tertiary/aromatic N) is 1. The van der Waals surface area contributed by atoms with Gasteiger partial charge in [-0.1, -0.05) is 91.0 Å². The lowest BCUT2D eigenvalue weighted by atomic mass is 9.97. The van der Waals surface area contributed by atoms with Crippen molar-refractivity contribution >= 4 is 60.7 Å². The van der Waals surface area contributed by atoms with Crippen LogP contribution >= 0.6 is 0 Å². The fourth-order valence-electron chi connectivity index (χ4n) is 5.50. The largest absolute Gasteiger partial charge is 0.501 e. The molecule has 39 heavy (non-hydrogen) atoms. The van der Waals surface area contributed by atoms with Crippen LogP contribution in [0, 0.1) is 0 Å². The van der Waals surface area contributed by atoms with Crippen LogP contribution in [-0.2, 0) is 9.53 Å². The van der Waals surface area contributed by atoms with E-state index in [2.05, 4.69) is 120 Å². The predicted molar refractivity (Wildman–Crippen MR) is 164 cm³/mol. The van der Waals surface area contributed by atoms with E-state index in [1.54, 1.807) is 14.0 Å². The Bertz CT molecular complexity index is 1810. The molecule has 190 valence electrons. The van der Waals surface area contributed by atoms with Crippen LogP contribution in [0.1, 0.15) is 19.4 Å². The molecule has 6 aromatic rings. The minimum atomic E-state index is -0.0157. The molecule has 0 bridgehead atoms. The van der Waals surface area contributed by atoms with Gasteiger partial charge < -0.3 is 9.64 Å². The number of allylic oxidation sites excluding steroid dienone is 2. The number of ketones is 1. The number of carbonyl (C=O) groups is 1. The van der Waals surface area contributed by atoms with E-state index >= 15 is 0 Å². The number of anilines is 3. The van der Waals surface area contributed by atoms with Crippen molar-refractivity contribution in [1.29, 1.82) is 0 Å². The van der Waals surface area contributed by atoms with E-state index in [0.717, 1.165) is 33.4 Å². The second-order valence-corrected chi connectivity index (χ2v) is 9.77. The zero-order chi connectivity index (χ0) is 26.9. The van der Waals surface area contributed by atoms with Gasteiger partial charge in [0.15, 0.2) is 5.78 Å². The first-order valence-corrected chi connectivity index (χ1v) is 13.1. The number of ether oxygens (including phenoxy) is 1. The van der Waals surface area contributed by atoms with Gasteiger partial charge in [-0.15, -0.1) is 0 Å². The standard InChI is InChI=1S/C36H29NO2/c1-24(38)36(25(2)39-3)29-19-18-26-20-21-31(23-30(26)22-29)37(34-16-8-12-27-10-4-6-14-32(27)34)35-17-9-13-28-11-5-7-15-33(28)35/h4-23H,1-3H3/b36-25+. The third kappa shape index (κ3) is 4.42. The van der Waals surface area contributed by atoms with Crippen molar-refractivity contribution in [1.82, 2.24) is 0 Å². The molecule has 0 unspecified atom stereocenters. The number of Topliss-reactive ketones (excluding diaryl/α,β-unsaturated/α-hetero) is 1. The lowest BCUT2D eigenvalue weighted by Crippen LogP contribution is -2.11. The Kier molecular flexibility index (Phi) is 6.34. The van der Waals surface area contributed by atoms with Crippen molar-refractivity contribution in [3.63, 3.8) is 0 Å². The molecule has 3 heteroatoms. The number of rotatable bonds is 6. The molecule has 0 radical (unpaired) electrons. The Balaban J connectivity index is 1.62. The molecular weight excluding hydrogens is 478 g/mol. The Hall–Kier alpha value is -4.89. The Morgan fingerprint density at radius 1 is 0.590 bits per heavy atom. The van der Waals surface area contributed by atoms with E-state index in [9.17, 15) is 4.79 Å². The van der Waals surface area contributed by atoms with Gasteiger partial charge in [-0.3, -0.25) is 4.79 Å². The van der Waals surface area contributed by atoms with Crippen LogP contribution in [0.3, 0.4) is 0 Å². The van der Waals surface area contributed by atoms with Crippen LogP contribution in [0.4, 0.5) is 17.1 Å². The molecule has 0 saturated heterocycles. The van der Waals surface area contributed by atoms with E-state index in [1.807, 2.05) is 13.0 Å². The number of methoxy groups -OCH3 is 1. The number of hydrogen-bond acceptors (Lipinski definition) is 3. The molecule has 0 fully saturated rings. The monoisotopic (exact) mass is 507 g/mol. The summed E-state index contributed by atoms with van der Waals surface area (Å²) < 4.78 is 5.45. The first-order valence-electron chi connectivity index (χ1n) is 13.1. The molecule has 6 aromatic carbocycles. The summed E-state index contributed by atoms with van der Waals surface area (Å²) in [6.45, 7) is 3.42. The van der Waals surface area contributed by atoms with Crippen LogP contribution in [0.5, 0.6) is 0 Å². The van der Waals surface area contributed by atoms with Crippen LogP contribution in [-0.4, -0.2) is 12.9 Å². The smallest absolute Gasteiger partial charge is 0.163 e. The summed E-state index contributed by atoms with van der Waals surface area (Å²) in [4.78, 5) is 14.9. The summed E-state index contributed by atoms with van der Waals surface area (Å²) in [7, 11) is 1.60. The van der Waals surface area contributed by atoms with Crippen molar-refractivity contribution in [2.45, 2.75) is 13.8 Å². The Labute approximate surface area is 228 Å². The molecule has 0 spiro atoms. The molecule has 0 amide bonds. The first-order chi connectivity index (χ1) is 19.0. The van der Waals surface area contributed by atoms with Gasteiger partial charge in [0, 0.05) is 16.5 Å². The predicted octanol–water partition coefficient (Wildman–Crippen LogP) is 9.58. The maximum Gasteiger partial charge on any atom is 0.163 e. The second kappa shape index (κ2) is 10.1. The molecular formula is C36H29NO2. The molecule has 0 aliphatic heterocycles. The molecule has 3 nitrogen and oxygen atoms in total. The Morgan fingerprint density at radius 2 is 1.15 bits per heavy atom. The third-order valence-electron chi connectivity index (χ3n) is 7.40. The lowest BCUT2D eigenvalue weighted by molar-refractivity contribution is -0.111. The third-order valence-corrected chi connectivity index (χ3v) is 7.40. The minimum absolute atomic E-state index is 0.0157. The number of fused-ring (bicyclic) bond motifs is 3. The second-order valence-electron chi connectivity index (χ2n) is 9.77. The van der Waals surface area contributed by atoms with E-state index in [1.165, 1.54) is 21.5 Å². The molecule has 0 heterocycles. The minimum Gasteiger partial charge on any atom is -0.501 e. The van der Waals surface area contributed by atoms with E-state index in [4.69, 9.17) is 4.74 Å². The van der Waals surface area contributed by atoms with Gasteiger partial charge in [0.1, 0.15) is 5.76 Å². The molecule has 0 N–H and O–H groups in total. The molecule has 0 aliphatic rings. The van der Waals surface area contributed by atoms with E-state index < -0.39 is 0 Å². The zero-order valence-electron chi connectivity index (χ0n) is 22.3. The zero-order valence-corrected chi connectivity index (χ0v) is 22.3. The summed E-state index contributed by atoms with van der Waals surface area (Å²) in [5, 5.41) is 6.90. The average Bonchev–Trinajstić information content (AvgIpc) is 2.97. The fourth-order valence-corrected chi connectivity index (χ4v) is 5.50. The molecule has 0 aliphatic carbocycles. The van der Waals surface area contributed by atoms with E-state index in [0.29, 0.717) is 11.3 Å². The molecule has 0 aromatic heterocycles. The highest BCUT2D eigenvalue weighted by molar-refractivity contribution is 6.20. The first kappa shape index (κ1) is 24.4. The van der Waals surface area contributed by atoms with Crippen molar-refractivity contribution < 1.29 is 9.53 Å². The number of benzene rings is 6. The van der Waals surface area contributed by atoms with Crippen molar-refractivity contribution in [3.8, 4) is 0 Å². The summed E-state index contributed by atoms with van der Waals surface area (Å²) in [5.41, 5.74) is 4.72. The van der Waals surface area contributed by atoms with Gasteiger partial charge >= 0.3 is 0 Å². The average molecular weight is 508 g/mol. The normalized spacial score (nSPS) is 12.0. The number of carbonyl (C=O) groups excluding carboxylic acids is 1. The molecule has 0 atom stereocenters. The van der Waals surface area contributed by atoms with Gasteiger partial charge in [-0.2, -0.15) is 0 Å². The van der Waals surface area contributed by atoms with Crippen LogP contribution in [0.25, 0.3) is 37.9 Å². The van der Waals surface area contributed by atoms with E-state index in [-0.39, 0.29) is 5.78 Å². The van der Waals surface area contributed by atoms with Gasteiger partial charge in [0.05, 0.1) is 24.1 Å². The maximum absolute atomic E-state index is 12.5. The highest BCUT2D eigenvalue weighted by Gasteiger charge is 2.18. The van der Waals surface area contributed by atoms with Crippen LogP contribution in [0.15, 0.2) is 127 Å². The molecule has 0 saturated carbocycles.